The molecule has 0 radical (unpaired) electrons. The summed E-state index contributed by atoms with van der Waals surface area (Å²) >= 11 is 0. The zero-order chi connectivity index (χ0) is 17.8. The van der Waals surface area contributed by atoms with Crippen LogP contribution in [0.15, 0.2) is 42.5 Å². The maximum atomic E-state index is 13.4. The first-order chi connectivity index (χ1) is 12.1. The summed E-state index contributed by atoms with van der Waals surface area (Å²) in [6.45, 7) is 4.45. The zero-order valence-electron chi connectivity index (χ0n) is 14.6. The summed E-state index contributed by atoms with van der Waals surface area (Å²) in [4.78, 5) is 14.7. The van der Waals surface area contributed by atoms with Gasteiger partial charge in [-0.3, -0.25) is 9.69 Å². The zero-order valence-corrected chi connectivity index (χ0v) is 14.6. The Morgan fingerprint density at radius 3 is 2.80 bits per heavy atom. The van der Waals surface area contributed by atoms with Crippen molar-refractivity contribution in [1.29, 1.82) is 0 Å². The predicted octanol–water partition coefficient (Wildman–Crippen LogP) is 3.01. The molecule has 1 atom stereocenters. The van der Waals surface area contributed by atoms with Crippen LogP contribution in [-0.2, 0) is 13.0 Å². The summed E-state index contributed by atoms with van der Waals surface area (Å²) in [5.41, 5.74) is 2.97. The van der Waals surface area contributed by atoms with E-state index in [2.05, 4.69) is 41.4 Å². The molecule has 1 amide bonds. The highest BCUT2D eigenvalue weighted by atomic mass is 19.1. The Bertz CT molecular complexity index is 763. The van der Waals surface area contributed by atoms with Crippen molar-refractivity contribution in [1.82, 2.24) is 10.2 Å². The lowest BCUT2D eigenvalue weighted by Gasteiger charge is -2.33. The summed E-state index contributed by atoms with van der Waals surface area (Å²) in [6.07, 6.45) is 1.02. The number of benzene rings is 2. The first kappa shape index (κ1) is 17.4. The van der Waals surface area contributed by atoms with Gasteiger partial charge in [0.25, 0.3) is 5.91 Å². The minimum atomic E-state index is -0.452. The molecule has 25 heavy (non-hydrogen) atoms. The van der Waals surface area contributed by atoms with Crippen molar-refractivity contribution < 1.29 is 13.9 Å². The third-order valence-corrected chi connectivity index (χ3v) is 4.75. The topological polar surface area (TPSA) is 41.6 Å². The Labute approximate surface area is 147 Å². The van der Waals surface area contributed by atoms with Crippen molar-refractivity contribution in [3.63, 3.8) is 0 Å². The van der Waals surface area contributed by atoms with Gasteiger partial charge in [-0.1, -0.05) is 24.3 Å². The van der Waals surface area contributed by atoms with Gasteiger partial charge in [-0.05, 0) is 42.7 Å². The number of carbonyl (C=O) groups is 1. The minimum absolute atomic E-state index is 0.192. The number of halogens is 1. The van der Waals surface area contributed by atoms with Gasteiger partial charge in [-0.2, -0.15) is 0 Å². The Balaban J connectivity index is 1.60. The van der Waals surface area contributed by atoms with Crippen LogP contribution in [-0.4, -0.2) is 37.0 Å². The highest BCUT2D eigenvalue weighted by Crippen LogP contribution is 2.21. The molecule has 2 aromatic carbocycles. The van der Waals surface area contributed by atoms with E-state index < -0.39 is 5.82 Å². The van der Waals surface area contributed by atoms with E-state index in [1.54, 1.807) is 0 Å². The fourth-order valence-corrected chi connectivity index (χ4v) is 3.22. The van der Waals surface area contributed by atoms with Crippen molar-refractivity contribution in [3.8, 4) is 5.75 Å². The largest absolute Gasteiger partial charge is 0.496 e. The van der Waals surface area contributed by atoms with E-state index in [1.807, 2.05) is 0 Å². The molecule has 0 saturated carbocycles. The Morgan fingerprint density at radius 1 is 1.28 bits per heavy atom. The molecule has 132 valence electrons. The van der Waals surface area contributed by atoms with Gasteiger partial charge in [-0.25, -0.2) is 4.39 Å². The number of hydrogen-bond acceptors (Lipinski definition) is 3. The lowest BCUT2D eigenvalue weighted by molar-refractivity contribution is 0.0929. The molecular weight excluding hydrogens is 319 g/mol. The molecule has 5 heteroatoms. The molecule has 2 aromatic rings. The van der Waals surface area contributed by atoms with Crippen LogP contribution >= 0.6 is 0 Å². The highest BCUT2D eigenvalue weighted by molar-refractivity contribution is 5.96. The summed E-state index contributed by atoms with van der Waals surface area (Å²) in [5, 5.41) is 2.89. The second-order valence-electron chi connectivity index (χ2n) is 6.39. The number of carbonyl (C=O) groups excluding carboxylic acids is 1. The summed E-state index contributed by atoms with van der Waals surface area (Å²) in [6, 6.07) is 12.6. The van der Waals surface area contributed by atoms with Crippen molar-refractivity contribution in [2.45, 2.75) is 25.9 Å². The number of rotatable bonds is 5. The lowest BCUT2D eigenvalue weighted by atomic mass is 9.99. The van der Waals surface area contributed by atoms with Crippen LogP contribution in [0.5, 0.6) is 5.75 Å². The van der Waals surface area contributed by atoms with Crippen LogP contribution in [0.4, 0.5) is 4.39 Å². The number of nitrogens with one attached hydrogen (secondary N) is 1. The van der Waals surface area contributed by atoms with Crippen molar-refractivity contribution in [2.75, 3.05) is 20.2 Å². The van der Waals surface area contributed by atoms with E-state index in [4.69, 9.17) is 4.74 Å². The SMILES string of the molecule is COc1ccc(F)cc1C(=O)NCC(C)N1CCc2ccccc2C1. The molecular formula is C20H23FN2O2. The molecule has 0 fully saturated rings. The minimum Gasteiger partial charge on any atom is -0.496 e. The molecule has 0 bridgehead atoms. The first-order valence-corrected chi connectivity index (χ1v) is 8.51. The monoisotopic (exact) mass is 342 g/mol. The average Bonchev–Trinajstić information content (AvgIpc) is 2.65. The molecule has 3 rings (SSSR count). The van der Waals surface area contributed by atoms with E-state index >= 15 is 0 Å². The quantitative estimate of drug-likeness (QED) is 0.908. The van der Waals surface area contributed by atoms with Crippen molar-refractivity contribution >= 4 is 5.91 Å². The molecule has 1 aliphatic heterocycles. The number of amides is 1. The van der Waals surface area contributed by atoms with E-state index in [0.717, 1.165) is 19.5 Å². The van der Waals surface area contributed by atoms with Crippen LogP contribution in [0, 0.1) is 5.82 Å². The van der Waals surface area contributed by atoms with Crippen LogP contribution in [0.2, 0.25) is 0 Å². The van der Waals surface area contributed by atoms with Crippen LogP contribution < -0.4 is 10.1 Å². The van der Waals surface area contributed by atoms with Gasteiger partial charge in [0, 0.05) is 25.7 Å². The first-order valence-electron chi connectivity index (χ1n) is 8.51. The van der Waals surface area contributed by atoms with E-state index in [9.17, 15) is 9.18 Å². The Kier molecular flexibility index (Phi) is 5.34. The molecule has 4 nitrogen and oxygen atoms in total. The maximum absolute atomic E-state index is 13.4. The van der Waals surface area contributed by atoms with E-state index in [-0.39, 0.29) is 17.5 Å². The standard InChI is InChI=1S/C20H23FN2O2/c1-14(23-10-9-15-5-3-4-6-16(15)13-23)12-22-20(24)18-11-17(21)7-8-19(18)25-2/h3-8,11,14H,9-10,12-13H2,1-2H3,(H,22,24). The maximum Gasteiger partial charge on any atom is 0.255 e. The molecule has 0 spiro atoms. The molecule has 1 aliphatic rings. The van der Waals surface area contributed by atoms with Gasteiger partial charge in [-0.15, -0.1) is 0 Å². The second-order valence-corrected chi connectivity index (χ2v) is 6.39. The molecule has 1 N–H and O–H groups in total. The predicted molar refractivity (Wildman–Crippen MR) is 95.3 cm³/mol. The Hall–Kier alpha value is -2.40. The third-order valence-electron chi connectivity index (χ3n) is 4.75. The fourth-order valence-electron chi connectivity index (χ4n) is 3.22. The van der Waals surface area contributed by atoms with E-state index in [1.165, 1.54) is 36.4 Å². The third kappa shape index (κ3) is 3.99. The van der Waals surface area contributed by atoms with Gasteiger partial charge in [0.1, 0.15) is 11.6 Å². The van der Waals surface area contributed by atoms with E-state index in [0.29, 0.717) is 12.3 Å². The van der Waals surface area contributed by atoms with Gasteiger partial charge in [0.05, 0.1) is 12.7 Å². The summed E-state index contributed by atoms with van der Waals surface area (Å²) < 4.78 is 18.6. The fraction of sp³-hybridized carbons (Fsp3) is 0.350. The molecule has 0 saturated heterocycles. The van der Waals surface area contributed by atoms with Gasteiger partial charge < -0.3 is 10.1 Å². The molecule has 0 aliphatic carbocycles. The highest BCUT2D eigenvalue weighted by Gasteiger charge is 2.21. The normalized spacial score (nSPS) is 15.3. The number of methoxy groups -OCH3 is 1. The molecule has 0 aromatic heterocycles. The Morgan fingerprint density at radius 2 is 2.04 bits per heavy atom. The molecule has 1 unspecified atom stereocenters. The summed E-state index contributed by atoms with van der Waals surface area (Å²) in [5.74, 6) is -0.398. The number of ether oxygens (including phenoxy) is 1. The lowest BCUT2D eigenvalue weighted by Crippen LogP contribution is -2.44. The van der Waals surface area contributed by atoms with Crippen LogP contribution in [0.25, 0.3) is 0 Å². The van der Waals surface area contributed by atoms with Crippen LogP contribution in [0.1, 0.15) is 28.4 Å². The van der Waals surface area contributed by atoms with Gasteiger partial charge in [0.2, 0.25) is 0 Å². The van der Waals surface area contributed by atoms with Crippen LogP contribution in [0.3, 0.4) is 0 Å². The number of nitrogens with zero attached hydrogens (tertiary/aromatic N) is 1. The smallest absolute Gasteiger partial charge is 0.255 e. The number of hydrogen-bond donors (Lipinski definition) is 1. The summed E-state index contributed by atoms with van der Waals surface area (Å²) in [7, 11) is 1.47. The van der Waals surface area contributed by atoms with Crippen molar-refractivity contribution in [3.05, 3.63) is 65.0 Å². The van der Waals surface area contributed by atoms with Crippen molar-refractivity contribution in [2.24, 2.45) is 0 Å². The average molecular weight is 342 g/mol. The van der Waals surface area contributed by atoms with Gasteiger partial charge >= 0.3 is 0 Å². The molecule has 1 heterocycles. The van der Waals surface area contributed by atoms with Gasteiger partial charge in [0.15, 0.2) is 0 Å². The second kappa shape index (κ2) is 7.66. The number of fused-ring (bicyclic) bond motifs is 1.